The molecule has 0 bridgehead atoms. The van der Waals surface area contributed by atoms with Crippen molar-refractivity contribution in [2.24, 2.45) is 5.92 Å². The summed E-state index contributed by atoms with van der Waals surface area (Å²) < 4.78 is 1.30. The fourth-order valence-corrected chi connectivity index (χ4v) is 4.76. The first kappa shape index (κ1) is 12.6. The van der Waals surface area contributed by atoms with E-state index >= 15 is 0 Å². The Balaban J connectivity index is 2.20. The molecular formula is C13H20BrNS. The van der Waals surface area contributed by atoms with Gasteiger partial charge < -0.3 is 5.32 Å². The second-order valence-electron chi connectivity index (χ2n) is 4.65. The van der Waals surface area contributed by atoms with Crippen molar-refractivity contribution < 1.29 is 0 Å². The highest BCUT2D eigenvalue weighted by Crippen LogP contribution is 2.41. The molecule has 0 saturated heterocycles. The number of thiophene rings is 1. The van der Waals surface area contributed by atoms with Crippen LogP contribution in [0.3, 0.4) is 0 Å². The van der Waals surface area contributed by atoms with Gasteiger partial charge in [-0.2, -0.15) is 0 Å². The lowest BCUT2D eigenvalue weighted by Gasteiger charge is -2.23. The highest BCUT2D eigenvalue weighted by atomic mass is 79.9. The first-order valence-corrected chi connectivity index (χ1v) is 7.82. The van der Waals surface area contributed by atoms with Crippen molar-refractivity contribution in [2.45, 2.75) is 45.6 Å². The van der Waals surface area contributed by atoms with Crippen molar-refractivity contribution in [3.05, 3.63) is 20.3 Å². The summed E-state index contributed by atoms with van der Waals surface area (Å²) in [5.41, 5.74) is 0. The molecule has 0 radical (unpaired) electrons. The third-order valence-electron chi connectivity index (χ3n) is 3.41. The van der Waals surface area contributed by atoms with Crippen molar-refractivity contribution in [3.63, 3.8) is 0 Å². The second kappa shape index (κ2) is 5.65. The van der Waals surface area contributed by atoms with Crippen molar-refractivity contribution in [1.82, 2.24) is 5.32 Å². The number of aryl methyl sites for hydroxylation is 1. The minimum atomic E-state index is 0.570. The Morgan fingerprint density at radius 1 is 1.50 bits per heavy atom. The minimum Gasteiger partial charge on any atom is -0.309 e. The van der Waals surface area contributed by atoms with E-state index in [4.69, 9.17) is 0 Å². The average Bonchev–Trinajstić information content (AvgIpc) is 2.85. The molecule has 1 aliphatic carbocycles. The lowest BCUT2D eigenvalue weighted by Crippen LogP contribution is -2.26. The van der Waals surface area contributed by atoms with Gasteiger partial charge >= 0.3 is 0 Å². The maximum atomic E-state index is 3.71. The van der Waals surface area contributed by atoms with Crippen LogP contribution in [0.1, 0.15) is 48.4 Å². The van der Waals surface area contributed by atoms with Gasteiger partial charge in [-0.1, -0.05) is 19.8 Å². The third kappa shape index (κ3) is 2.69. The monoisotopic (exact) mass is 301 g/mol. The molecule has 1 N–H and O–H groups in total. The molecule has 0 spiro atoms. The number of hydrogen-bond acceptors (Lipinski definition) is 2. The molecule has 1 heterocycles. The van der Waals surface area contributed by atoms with Gasteiger partial charge in [0, 0.05) is 20.3 Å². The summed E-state index contributed by atoms with van der Waals surface area (Å²) in [6.45, 7) is 5.46. The van der Waals surface area contributed by atoms with Gasteiger partial charge in [0.05, 0.1) is 0 Å². The van der Waals surface area contributed by atoms with E-state index in [1.54, 1.807) is 0 Å². The van der Waals surface area contributed by atoms with Crippen LogP contribution in [0.15, 0.2) is 10.5 Å². The van der Waals surface area contributed by atoms with Crippen LogP contribution in [-0.4, -0.2) is 6.54 Å². The van der Waals surface area contributed by atoms with Crippen LogP contribution in [0.25, 0.3) is 0 Å². The Morgan fingerprint density at radius 2 is 2.19 bits per heavy atom. The Morgan fingerprint density at radius 3 is 2.69 bits per heavy atom. The summed E-state index contributed by atoms with van der Waals surface area (Å²) in [5, 5.41) is 3.68. The smallest absolute Gasteiger partial charge is 0.0454 e. The molecule has 0 aromatic carbocycles. The zero-order chi connectivity index (χ0) is 11.5. The first-order chi connectivity index (χ1) is 7.72. The maximum Gasteiger partial charge on any atom is 0.0454 e. The molecule has 0 aliphatic heterocycles. The van der Waals surface area contributed by atoms with Crippen molar-refractivity contribution in [1.29, 1.82) is 0 Å². The number of rotatable bonds is 4. The lowest BCUT2D eigenvalue weighted by molar-refractivity contribution is 0.378. The Bertz CT molecular complexity index is 342. The van der Waals surface area contributed by atoms with Gasteiger partial charge in [-0.05, 0) is 54.2 Å². The van der Waals surface area contributed by atoms with Gasteiger partial charge in [0.2, 0.25) is 0 Å². The molecule has 16 heavy (non-hydrogen) atoms. The normalized spacial score (nSPS) is 19.2. The number of nitrogens with one attached hydrogen (secondary N) is 1. The van der Waals surface area contributed by atoms with Gasteiger partial charge in [0.1, 0.15) is 0 Å². The minimum absolute atomic E-state index is 0.570. The summed E-state index contributed by atoms with van der Waals surface area (Å²) in [7, 11) is 0. The lowest BCUT2D eigenvalue weighted by atomic mass is 9.97. The largest absolute Gasteiger partial charge is 0.309 e. The summed E-state index contributed by atoms with van der Waals surface area (Å²) in [6.07, 6.45) is 5.60. The molecular weight excluding hydrogens is 282 g/mol. The molecule has 1 atom stereocenters. The van der Waals surface area contributed by atoms with Crippen LogP contribution in [0.5, 0.6) is 0 Å². The van der Waals surface area contributed by atoms with E-state index in [0.29, 0.717) is 6.04 Å². The zero-order valence-corrected chi connectivity index (χ0v) is 12.5. The molecule has 0 amide bonds. The summed E-state index contributed by atoms with van der Waals surface area (Å²) in [6, 6.07) is 2.82. The maximum absolute atomic E-state index is 3.71. The van der Waals surface area contributed by atoms with Crippen LogP contribution >= 0.6 is 27.3 Å². The summed E-state index contributed by atoms with van der Waals surface area (Å²) in [4.78, 5) is 2.91. The highest BCUT2D eigenvalue weighted by molar-refractivity contribution is 9.10. The van der Waals surface area contributed by atoms with E-state index in [2.05, 4.69) is 41.2 Å². The Kier molecular flexibility index (Phi) is 4.45. The van der Waals surface area contributed by atoms with Crippen LogP contribution in [0.2, 0.25) is 0 Å². The molecule has 2 rings (SSSR count). The van der Waals surface area contributed by atoms with Crippen LogP contribution in [-0.2, 0) is 0 Å². The fourth-order valence-electron chi connectivity index (χ4n) is 2.70. The molecule has 1 saturated carbocycles. The third-order valence-corrected chi connectivity index (χ3v) is 5.47. The van der Waals surface area contributed by atoms with Crippen LogP contribution in [0.4, 0.5) is 0 Å². The number of hydrogen-bond donors (Lipinski definition) is 1. The SMILES string of the molecule is CCNC(c1sc(C)cc1Br)C1CCCC1. The van der Waals surface area contributed by atoms with E-state index in [1.807, 2.05) is 11.3 Å². The Hall–Kier alpha value is 0.140. The van der Waals surface area contributed by atoms with E-state index in [9.17, 15) is 0 Å². The van der Waals surface area contributed by atoms with Crippen LogP contribution in [0, 0.1) is 12.8 Å². The first-order valence-electron chi connectivity index (χ1n) is 6.21. The molecule has 1 aliphatic rings. The van der Waals surface area contributed by atoms with Gasteiger partial charge in [0.25, 0.3) is 0 Å². The molecule has 3 heteroatoms. The van der Waals surface area contributed by atoms with Crippen molar-refractivity contribution in [3.8, 4) is 0 Å². The van der Waals surface area contributed by atoms with Gasteiger partial charge in [0.15, 0.2) is 0 Å². The predicted molar refractivity (Wildman–Crippen MR) is 75.1 cm³/mol. The number of halogens is 1. The Labute approximate surface area is 111 Å². The second-order valence-corrected chi connectivity index (χ2v) is 6.79. The van der Waals surface area contributed by atoms with Crippen molar-refractivity contribution in [2.75, 3.05) is 6.54 Å². The molecule has 90 valence electrons. The fraction of sp³-hybridized carbons (Fsp3) is 0.692. The molecule has 1 unspecified atom stereocenters. The van der Waals surface area contributed by atoms with E-state index in [1.165, 1.54) is 39.9 Å². The highest BCUT2D eigenvalue weighted by Gasteiger charge is 2.28. The molecule has 1 fully saturated rings. The van der Waals surface area contributed by atoms with E-state index in [-0.39, 0.29) is 0 Å². The topological polar surface area (TPSA) is 12.0 Å². The van der Waals surface area contributed by atoms with E-state index in [0.717, 1.165) is 12.5 Å². The molecule has 1 aromatic rings. The van der Waals surface area contributed by atoms with Gasteiger partial charge in [-0.15, -0.1) is 11.3 Å². The van der Waals surface area contributed by atoms with E-state index < -0.39 is 0 Å². The molecule has 1 nitrogen and oxygen atoms in total. The predicted octanol–water partition coefficient (Wildman–Crippen LogP) is 4.66. The van der Waals surface area contributed by atoms with Crippen molar-refractivity contribution >= 4 is 27.3 Å². The molecule has 1 aromatic heterocycles. The van der Waals surface area contributed by atoms with Crippen LogP contribution < -0.4 is 5.32 Å². The standard InChI is InChI=1S/C13H20BrNS/c1-3-15-12(10-6-4-5-7-10)13-11(14)8-9(2)16-13/h8,10,12,15H,3-7H2,1-2H3. The van der Waals surface area contributed by atoms with Gasteiger partial charge in [-0.25, -0.2) is 0 Å². The summed E-state index contributed by atoms with van der Waals surface area (Å²) >= 11 is 5.65. The van der Waals surface area contributed by atoms with Gasteiger partial charge in [-0.3, -0.25) is 0 Å². The average molecular weight is 302 g/mol. The zero-order valence-electron chi connectivity index (χ0n) is 10.1. The summed E-state index contributed by atoms with van der Waals surface area (Å²) in [5.74, 6) is 0.842. The quantitative estimate of drug-likeness (QED) is 0.853.